The van der Waals surface area contributed by atoms with Crippen LogP contribution in [0.4, 0.5) is 0 Å². The Bertz CT molecular complexity index is 771. The summed E-state index contributed by atoms with van der Waals surface area (Å²) in [6.07, 6.45) is -0.371. The van der Waals surface area contributed by atoms with Crippen LogP contribution >= 0.6 is 0 Å². The minimum atomic E-state index is -0.371. The van der Waals surface area contributed by atoms with Gasteiger partial charge in [0.15, 0.2) is 0 Å². The zero-order valence-electron chi connectivity index (χ0n) is 11.5. The summed E-state index contributed by atoms with van der Waals surface area (Å²) in [5, 5.41) is 1.14. The molecule has 104 valence electrons. The fraction of sp³-hybridized carbons (Fsp3) is 0.167. The van der Waals surface area contributed by atoms with E-state index >= 15 is 0 Å². The van der Waals surface area contributed by atoms with E-state index in [1.807, 2.05) is 48.5 Å². The fourth-order valence-electron chi connectivity index (χ4n) is 2.61. The van der Waals surface area contributed by atoms with Gasteiger partial charge < -0.3 is 9.47 Å². The second-order valence-electron chi connectivity index (χ2n) is 5.16. The van der Waals surface area contributed by atoms with Crippen LogP contribution in [-0.2, 0) is 22.7 Å². The molecule has 0 amide bonds. The first-order valence-corrected chi connectivity index (χ1v) is 7.06. The Morgan fingerprint density at radius 2 is 1.86 bits per heavy atom. The Morgan fingerprint density at radius 1 is 1.05 bits per heavy atom. The van der Waals surface area contributed by atoms with Gasteiger partial charge in [0, 0.05) is 10.9 Å². The first-order chi connectivity index (χ1) is 10.4. The number of hydrogen-bond donors (Lipinski definition) is 0. The second-order valence-corrected chi connectivity index (χ2v) is 5.16. The van der Waals surface area contributed by atoms with Crippen molar-refractivity contribution in [3.8, 4) is 0 Å². The van der Waals surface area contributed by atoms with E-state index in [4.69, 9.17) is 14.5 Å². The van der Waals surface area contributed by atoms with Crippen LogP contribution in [0.3, 0.4) is 0 Å². The van der Waals surface area contributed by atoms with Crippen LogP contribution in [0.1, 0.15) is 23.1 Å². The van der Waals surface area contributed by atoms with Gasteiger partial charge in [0.25, 0.3) is 0 Å². The van der Waals surface area contributed by atoms with Gasteiger partial charge in [-0.15, -0.1) is 0 Å². The highest BCUT2D eigenvalue weighted by atomic mass is 16.7. The van der Waals surface area contributed by atoms with E-state index in [-0.39, 0.29) is 6.29 Å². The highest BCUT2D eigenvalue weighted by Crippen LogP contribution is 2.32. The molecule has 0 fully saturated rings. The van der Waals surface area contributed by atoms with Gasteiger partial charge in [-0.05, 0) is 17.7 Å². The van der Waals surface area contributed by atoms with E-state index < -0.39 is 0 Å². The van der Waals surface area contributed by atoms with Gasteiger partial charge in [0.2, 0.25) is 6.29 Å². The predicted molar refractivity (Wildman–Crippen MR) is 80.5 cm³/mol. The minimum absolute atomic E-state index is 0.371. The van der Waals surface area contributed by atoms with Crippen molar-refractivity contribution in [2.45, 2.75) is 19.5 Å². The van der Waals surface area contributed by atoms with Crippen molar-refractivity contribution in [3.63, 3.8) is 0 Å². The van der Waals surface area contributed by atoms with Crippen LogP contribution in [0.2, 0.25) is 0 Å². The molecule has 0 bridgehead atoms. The predicted octanol–water partition coefficient (Wildman–Crippen LogP) is 3.98. The van der Waals surface area contributed by atoms with E-state index in [0.717, 1.165) is 27.7 Å². The van der Waals surface area contributed by atoms with Crippen molar-refractivity contribution in [1.82, 2.24) is 4.98 Å². The van der Waals surface area contributed by atoms with Crippen molar-refractivity contribution in [3.05, 3.63) is 77.5 Å². The topological polar surface area (TPSA) is 31.4 Å². The first-order valence-electron chi connectivity index (χ1n) is 7.06. The number of fused-ring (bicyclic) bond motifs is 2. The SMILES string of the molecule is c1ccc(COC2OCc3cc4ccccc4nc32)cc1. The number of para-hydroxylation sites is 1. The summed E-state index contributed by atoms with van der Waals surface area (Å²) in [6, 6.07) is 20.4. The number of pyridine rings is 1. The van der Waals surface area contributed by atoms with Gasteiger partial charge >= 0.3 is 0 Å². The van der Waals surface area contributed by atoms with Crippen LogP contribution in [0.25, 0.3) is 10.9 Å². The number of ether oxygens (including phenoxy) is 2. The summed E-state index contributed by atoms with van der Waals surface area (Å²) in [7, 11) is 0. The molecule has 3 aromatic rings. The molecule has 2 aromatic carbocycles. The third kappa shape index (κ3) is 2.42. The molecule has 3 heteroatoms. The molecule has 0 saturated carbocycles. The molecule has 0 spiro atoms. The Balaban J connectivity index is 1.59. The van der Waals surface area contributed by atoms with Gasteiger partial charge in [-0.25, -0.2) is 4.98 Å². The lowest BCUT2D eigenvalue weighted by Gasteiger charge is -2.12. The number of nitrogens with zero attached hydrogens (tertiary/aromatic N) is 1. The number of aromatic nitrogens is 1. The minimum Gasteiger partial charge on any atom is -0.342 e. The quantitative estimate of drug-likeness (QED) is 0.725. The largest absolute Gasteiger partial charge is 0.342 e. The molecule has 1 aliphatic heterocycles. The molecular formula is C18H15NO2. The summed E-state index contributed by atoms with van der Waals surface area (Å²) in [4.78, 5) is 4.70. The van der Waals surface area contributed by atoms with E-state index in [9.17, 15) is 0 Å². The van der Waals surface area contributed by atoms with Gasteiger partial charge in [0.1, 0.15) is 5.69 Å². The van der Waals surface area contributed by atoms with Crippen LogP contribution in [0, 0.1) is 0 Å². The molecule has 1 atom stereocenters. The molecule has 0 saturated heterocycles. The Morgan fingerprint density at radius 3 is 2.76 bits per heavy atom. The zero-order valence-corrected chi connectivity index (χ0v) is 11.5. The summed E-state index contributed by atoms with van der Waals surface area (Å²) in [5.74, 6) is 0. The standard InChI is InChI=1S/C18H15NO2/c1-2-6-13(7-3-1)11-20-18-17-15(12-21-18)10-14-8-4-5-9-16(14)19-17/h1-10,18H,11-12H2. The van der Waals surface area contributed by atoms with Crippen LogP contribution in [-0.4, -0.2) is 4.98 Å². The molecule has 1 aliphatic rings. The zero-order chi connectivity index (χ0) is 14.1. The van der Waals surface area contributed by atoms with Crippen molar-refractivity contribution >= 4 is 10.9 Å². The number of hydrogen-bond acceptors (Lipinski definition) is 3. The molecule has 21 heavy (non-hydrogen) atoms. The molecule has 1 aromatic heterocycles. The Labute approximate surface area is 123 Å². The summed E-state index contributed by atoms with van der Waals surface area (Å²) in [6.45, 7) is 1.09. The highest BCUT2D eigenvalue weighted by Gasteiger charge is 2.26. The second kappa shape index (κ2) is 5.28. The fourth-order valence-corrected chi connectivity index (χ4v) is 2.61. The monoisotopic (exact) mass is 277 g/mol. The van der Waals surface area contributed by atoms with Crippen molar-refractivity contribution in [2.75, 3.05) is 0 Å². The third-order valence-electron chi connectivity index (χ3n) is 3.69. The van der Waals surface area contributed by atoms with Gasteiger partial charge in [0.05, 0.1) is 18.7 Å². The normalized spacial score (nSPS) is 17.0. The average molecular weight is 277 g/mol. The highest BCUT2D eigenvalue weighted by molar-refractivity contribution is 5.79. The number of benzene rings is 2. The lowest BCUT2D eigenvalue weighted by atomic mass is 10.1. The van der Waals surface area contributed by atoms with Gasteiger partial charge in [-0.2, -0.15) is 0 Å². The van der Waals surface area contributed by atoms with Crippen molar-refractivity contribution in [1.29, 1.82) is 0 Å². The smallest absolute Gasteiger partial charge is 0.202 e. The van der Waals surface area contributed by atoms with E-state index in [0.29, 0.717) is 13.2 Å². The average Bonchev–Trinajstić information content (AvgIpc) is 2.94. The number of rotatable bonds is 3. The Hall–Kier alpha value is -2.23. The molecule has 4 rings (SSSR count). The maximum absolute atomic E-state index is 5.88. The maximum atomic E-state index is 5.88. The van der Waals surface area contributed by atoms with Crippen LogP contribution < -0.4 is 0 Å². The summed E-state index contributed by atoms with van der Waals surface area (Å²) in [5.41, 5.74) is 4.14. The van der Waals surface area contributed by atoms with E-state index in [2.05, 4.69) is 12.1 Å². The molecule has 0 aliphatic carbocycles. The lowest BCUT2D eigenvalue weighted by Crippen LogP contribution is -2.04. The molecule has 0 radical (unpaired) electrons. The molecule has 2 heterocycles. The van der Waals surface area contributed by atoms with E-state index in [1.54, 1.807) is 0 Å². The van der Waals surface area contributed by atoms with Crippen LogP contribution in [0.15, 0.2) is 60.7 Å². The lowest BCUT2D eigenvalue weighted by molar-refractivity contribution is -0.147. The van der Waals surface area contributed by atoms with Crippen molar-refractivity contribution < 1.29 is 9.47 Å². The summed E-state index contributed by atoms with van der Waals surface area (Å²) >= 11 is 0. The summed E-state index contributed by atoms with van der Waals surface area (Å²) < 4.78 is 11.6. The Kier molecular flexibility index (Phi) is 3.14. The molecule has 0 N–H and O–H groups in total. The van der Waals surface area contributed by atoms with Gasteiger partial charge in [-0.1, -0.05) is 48.5 Å². The maximum Gasteiger partial charge on any atom is 0.202 e. The first kappa shape index (κ1) is 12.5. The molecular weight excluding hydrogens is 262 g/mol. The van der Waals surface area contributed by atoms with Crippen molar-refractivity contribution in [2.24, 2.45) is 0 Å². The molecule has 1 unspecified atom stereocenters. The van der Waals surface area contributed by atoms with E-state index in [1.165, 1.54) is 0 Å². The van der Waals surface area contributed by atoms with Gasteiger partial charge in [-0.3, -0.25) is 0 Å². The molecule has 3 nitrogen and oxygen atoms in total. The van der Waals surface area contributed by atoms with Crippen LogP contribution in [0.5, 0.6) is 0 Å². The third-order valence-corrected chi connectivity index (χ3v) is 3.69.